The third kappa shape index (κ3) is 3.60. The predicted octanol–water partition coefficient (Wildman–Crippen LogP) is 0.773. The zero-order valence-corrected chi connectivity index (χ0v) is 10.1. The van der Waals surface area contributed by atoms with Gasteiger partial charge in [-0.05, 0) is 6.07 Å². The maximum absolute atomic E-state index is 10.7. The number of carboxylic acid groups (broad SMARTS) is 1. The highest BCUT2D eigenvalue weighted by Crippen LogP contribution is 2.22. The average molecular weight is 272 g/mol. The fourth-order valence-corrected chi connectivity index (χ4v) is 1.58. The van der Waals surface area contributed by atoms with Gasteiger partial charge < -0.3 is 10.2 Å². The van der Waals surface area contributed by atoms with Crippen LogP contribution in [0.25, 0.3) is 0 Å². The first-order chi connectivity index (χ1) is 8.45. The molecule has 0 aliphatic heterocycles. The zero-order valence-electron chi connectivity index (χ0n) is 9.24. The molecule has 0 radical (unpaired) electrons. The van der Waals surface area contributed by atoms with Crippen LogP contribution in [0.1, 0.15) is 5.56 Å². The minimum Gasteiger partial charge on any atom is -0.508 e. The maximum Gasteiger partial charge on any atom is 0.321 e. The van der Waals surface area contributed by atoms with Crippen molar-refractivity contribution < 1.29 is 19.9 Å². The first-order valence-electron chi connectivity index (χ1n) is 4.99. The number of hydrogen-bond donors (Lipinski definition) is 4. The lowest BCUT2D eigenvalue weighted by atomic mass is 10.1. The number of nitrogens with zero attached hydrogens (tertiary/aromatic N) is 1. The quantitative estimate of drug-likeness (QED) is 0.346. The third-order valence-corrected chi connectivity index (χ3v) is 2.66. The predicted molar refractivity (Wildman–Crippen MR) is 66.9 cm³/mol. The maximum atomic E-state index is 10.7. The second kappa shape index (κ2) is 6.22. The van der Waals surface area contributed by atoms with Crippen LogP contribution >= 0.6 is 12.6 Å². The number of carbonyl (C=O) groups is 1. The van der Waals surface area contributed by atoms with Crippen LogP contribution in [-0.4, -0.2) is 32.9 Å². The first-order valence-corrected chi connectivity index (χ1v) is 5.62. The SMILES string of the molecule is O=C(O)[C@H](CS)NCc1cc([N+](=O)[O-])ccc1O. The molecule has 7 nitrogen and oxygen atoms in total. The molecule has 1 rings (SSSR count). The van der Waals surface area contributed by atoms with Crippen LogP contribution in [0, 0.1) is 10.1 Å². The van der Waals surface area contributed by atoms with E-state index in [0.717, 1.165) is 0 Å². The van der Waals surface area contributed by atoms with Gasteiger partial charge in [0.25, 0.3) is 5.69 Å². The van der Waals surface area contributed by atoms with Crippen molar-refractivity contribution in [1.29, 1.82) is 0 Å². The molecule has 0 bridgehead atoms. The Balaban J connectivity index is 2.80. The van der Waals surface area contributed by atoms with Crippen molar-refractivity contribution in [2.45, 2.75) is 12.6 Å². The fourth-order valence-electron chi connectivity index (χ4n) is 1.29. The van der Waals surface area contributed by atoms with E-state index in [4.69, 9.17) is 5.11 Å². The summed E-state index contributed by atoms with van der Waals surface area (Å²) in [5.74, 6) is -1.13. The molecule has 0 spiro atoms. The number of nitro benzene ring substituents is 1. The fraction of sp³-hybridized carbons (Fsp3) is 0.300. The molecule has 0 aliphatic carbocycles. The minimum absolute atomic E-state index is 0.00500. The van der Waals surface area contributed by atoms with E-state index in [1.165, 1.54) is 18.2 Å². The van der Waals surface area contributed by atoms with Crippen molar-refractivity contribution >= 4 is 24.3 Å². The monoisotopic (exact) mass is 272 g/mol. The lowest BCUT2D eigenvalue weighted by molar-refractivity contribution is -0.384. The highest BCUT2D eigenvalue weighted by molar-refractivity contribution is 7.80. The summed E-state index contributed by atoms with van der Waals surface area (Å²) < 4.78 is 0. The molecule has 0 aliphatic rings. The summed E-state index contributed by atoms with van der Waals surface area (Å²) in [7, 11) is 0. The van der Waals surface area contributed by atoms with Gasteiger partial charge in [-0.3, -0.25) is 20.2 Å². The molecule has 0 heterocycles. The number of phenols is 1. The largest absolute Gasteiger partial charge is 0.508 e. The summed E-state index contributed by atoms with van der Waals surface area (Å²) in [4.78, 5) is 20.7. The van der Waals surface area contributed by atoms with Gasteiger partial charge >= 0.3 is 5.97 Å². The second-order valence-corrected chi connectivity index (χ2v) is 3.89. The number of non-ortho nitro benzene ring substituents is 1. The van der Waals surface area contributed by atoms with Crippen LogP contribution in [0.2, 0.25) is 0 Å². The standard InChI is InChI=1S/C10H12N2O5S/c13-9-2-1-7(12(16)17)3-6(9)4-11-8(5-18)10(14)15/h1-3,8,11,13,18H,4-5H2,(H,14,15)/t8-/m0/s1. The number of thiol groups is 1. The molecule has 0 amide bonds. The van der Waals surface area contributed by atoms with E-state index in [0.29, 0.717) is 0 Å². The van der Waals surface area contributed by atoms with Gasteiger partial charge in [0.1, 0.15) is 11.8 Å². The summed E-state index contributed by atoms with van der Waals surface area (Å²) in [6.07, 6.45) is 0. The molecule has 1 aromatic rings. The molecule has 3 N–H and O–H groups in total. The average Bonchev–Trinajstić information content (AvgIpc) is 2.31. The third-order valence-electron chi connectivity index (χ3n) is 2.29. The van der Waals surface area contributed by atoms with Gasteiger partial charge in [-0.1, -0.05) is 0 Å². The summed E-state index contributed by atoms with van der Waals surface area (Å²) >= 11 is 3.87. The number of nitrogens with one attached hydrogen (secondary N) is 1. The lowest BCUT2D eigenvalue weighted by Gasteiger charge is -2.12. The van der Waals surface area contributed by atoms with Crippen molar-refractivity contribution in [3.63, 3.8) is 0 Å². The van der Waals surface area contributed by atoms with Gasteiger partial charge in [0.15, 0.2) is 0 Å². The van der Waals surface area contributed by atoms with Crippen molar-refractivity contribution in [2.75, 3.05) is 5.75 Å². The second-order valence-electron chi connectivity index (χ2n) is 3.52. The number of aromatic hydroxyl groups is 1. The number of aliphatic carboxylic acids is 1. The van der Waals surface area contributed by atoms with E-state index >= 15 is 0 Å². The van der Waals surface area contributed by atoms with E-state index in [-0.39, 0.29) is 29.3 Å². The Labute approximate surface area is 108 Å². The van der Waals surface area contributed by atoms with Crippen molar-refractivity contribution in [1.82, 2.24) is 5.32 Å². The zero-order chi connectivity index (χ0) is 13.7. The number of hydrogen-bond acceptors (Lipinski definition) is 6. The normalized spacial score (nSPS) is 12.1. The summed E-state index contributed by atoms with van der Waals surface area (Å²) in [6, 6.07) is 2.68. The molecular weight excluding hydrogens is 260 g/mol. The molecule has 1 aromatic carbocycles. The molecule has 0 saturated heterocycles. The number of benzene rings is 1. The Morgan fingerprint density at radius 1 is 1.56 bits per heavy atom. The Hall–Kier alpha value is -1.80. The Morgan fingerprint density at radius 3 is 2.72 bits per heavy atom. The van der Waals surface area contributed by atoms with Gasteiger partial charge in [0, 0.05) is 30.0 Å². The Bertz CT molecular complexity index is 466. The lowest BCUT2D eigenvalue weighted by Crippen LogP contribution is -2.37. The highest BCUT2D eigenvalue weighted by atomic mass is 32.1. The van der Waals surface area contributed by atoms with E-state index in [9.17, 15) is 20.0 Å². The van der Waals surface area contributed by atoms with Gasteiger partial charge in [-0.25, -0.2) is 0 Å². The summed E-state index contributed by atoms with van der Waals surface area (Å²) in [5.41, 5.74) is 0.0968. The topological polar surface area (TPSA) is 113 Å². The van der Waals surface area contributed by atoms with E-state index < -0.39 is 16.9 Å². The smallest absolute Gasteiger partial charge is 0.321 e. The van der Waals surface area contributed by atoms with E-state index in [1.54, 1.807) is 0 Å². The molecule has 18 heavy (non-hydrogen) atoms. The van der Waals surface area contributed by atoms with Crippen molar-refractivity contribution in [2.24, 2.45) is 0 Å². The number of nitro groups is 1. The minimum atomic E-state index is -1.07. The molecule has 98 valence electrons. The molecule has 1 atom stereocenters. The Morgan fingerprint density at radius 2 is 2.22 bits per heavy atom. The summed E-state index contributed by atoms with van der Waals surface area (Å²) in [6.45, 7) is 0.00500. The highest BCUT2D eigenvalue weighted by Gasteiger charge is 2.16. The van der Waals surface area contributed by atoms with Crippen LogP contribution in [0.15, 0.2) is 18.2 Å². The van der Waals surface area contributed by atoms with Crippen LogP contribution < -0.4 is 5.32 Å². The van der Waals surface area contributed by atoms with Gasteiger partial charge in [-0.2, -0.15) is 12.6 Å². The molecule has 0 fully saturated rings. The molecule has 0 saturated carbocycles. The van der Waals surface area contributed by atoms with Crippen molar-refractivity contribution in [3.05, 3.63) is 33.9 Å². The van der Waals surface area contributed by atoms with E-state index in [2.05, 4.69) is 17.9 Å². The van der Waals surface area contributed by atoms with Gasteiger partial charge in [0.05, 0.1) is 4.92 Å². The van der Waals surface area contributed by atoms with E-state index in [1.807, 2.05) is 0 Å². The first kappa shape index (κ1) is 14.3. The molecule has 8 heteroatoms. The van der Waals surface area contributed by atoms with Gasteiger partial charge in [-0.15, -0.1) is 0 Å². The number of rotatable bonds is 6. The van der Waals surface area contributed by atoms with Gasteiger partial charge in [0.2, 0.25) is 0 Å². The summed E-state index contributed by atoms with van der Waals surface area (Å²) in [5, 5.41) is 31.5. The molecule has 0 unspecified atom stereocenters. The van der Waals surface area contributed by atoms with Crippen LogP contribution in [0.5, 0.6) is 5.75 Å². The Kier molecular flexibility index (Phi) is 4.93. The molecular formula is C10H12N2O5S. The number of carboxylic acids is 1. The van der Waals surface area contributed by atoms with Crippen molar-refractivity contribution in [3.8, 4) is 5.75 Å². The van der Waals surface area contributed by atoms with Crippen LogP contribution in [-0.2, 0) is 11.3 Å². The number of phenolic OH excluding ortho intramolecular Hbond substituents is 1. The molecule has 0 aromatic heterocycles. The van der Waals surface area contributed by atoms with Crippen LogP contribution in [0.4, 0.5) is 5.69 Å². The van der Waals surface area contributed by atoms with Crippen LogP contribution in [0.3, 0.4) is 0 Å².